The molecule has 6 nitrogen and oxygen atoms in total. The third-order valence-electron chi connectivity index (χ3n) is 6.09. The van der Waals surface area contributed by atoms with E-state index in [1.54, 1.807) is 12.5 Å². The van der Waals surface area contributed by atoms with Crippen molar-refractivity contribution in [1.29, 1.82) is 0 Å². The topological polar surface area (TPSA) is 70.2 Å². The van der Waals surface area contributed by atoms with Gasteiger partial charge in [0.05, 0.1) is 6.04 Å². The number of rotatable bonds is 5. The van der Waals surface area contributed by atoms with E-state index in [-0.39, 0.29) is 18.1 Å². The number of nitrogens with zero attached hydrogens (tertiary/aromatic N) is 3. The highest BCUT2D eigenvalue weighted by molar-refractivity contribution is 6.30. The number of hydrogen-bond acceptors (Lipinski definition) is 4. The van der Waals surface area contributed by atoms with Crippen LogP contribution in [0.15, 0.2) is 42.9 Å². The SMILES string of the molecule is O=C(NC1CCN(c2ccncn2)CC1)N[C@H](c1cccc(Cl)c1)C1CCCC1. The average Bonchev–Trinajstić information content (AvgIpc) is 3.28. The van der Waals surface area contributed by atoms with Crippen LogP contribution in [0.5, 0.6) is 0 Å². The van der Waals surface area contributed by atoms with Gasteiger partial charge in [-0.15, -0.1) is 0 Å². The summed E-state index contributed by atoms with van der Waals surface area (Å²) in [6.45, 7) is 1.75. The first-order valence-corrected chi connectivity index (χ1v) is 10.9. The van der Waals surface area contributed by atoms with Crippen LogP contribution in [-0.4, -0.2) is 35.1 Å². The molecule has 2 aliphatic rings. The molecule has 7 heteroatoms. The minimum absolute atomic E-state index is 0.0114. The second-order valence-corrected chi connectivity index (χ2v) is 8.46. The van der Waals surface area contributed by atoms with Crippen molar-refractivity contribution in [2.24, 2.45) is 5.92 Å². The van der Waals surface area contributed by atoms with Crippen molar-refractivity contribution in [1.82, 2.24) is 20.6 Å². The van der Waals surface area contributed by atoms with Crippen molar-refractivity contribution >= 4 is 23.4 Å². The monoisotopic (exact) mass is 413 g/mol. The summed E-state index contributed by atoms with van der Waals surface area (Å²) in [4.78, 5) is 23.3. The standard InChI is InChI=1S/C22H28ClN5O/c23-18-7-3-6-17(14-18)21(16-4-1-2-5-16)27-22(29)26-19-9-12-28(13-10-19)20-8-11-24-15-25-20/h3,6-8,11,14-16,19,21H,1-2,4-5,9-10,12-13H2,(H2,26,27,29)/t21-/m0/s1. The van der Waals surface area contributed by atoms with Crippen molar-refractivity contribution in [3.8, 4) is 0 Å². The summed E-state index contributed by atoms with van der Waals surface area (Å²) in [6, 6.07) is 9.92. The molecule has 2 amide bonds. The largest absolute Gasteiger partial charge is 0.356 e. The second-order valence-electron chi connectivity index (χ2n) is 8.02. The third-order valence-corrected chi connectivity index (χ3v) is 6.32. The minimum atomic E-state index is -0.0811. The molecule has 1 aromatic heterocycles. The molecule has 29 heavy (non-hydrogen) atoms. The first-order chi connectivity index (χ1) is 14.2. The molecular weight excluding hydrogens is 386 g/mol. The van der Waals surface area contributed by atoms with Crippen molar-refractivity contribution in [2.45, 2.75) is 50.6 Å². The van der Waals surface area contributed by atoms with Gasteiger partial charge in [0.1, 0.15) is 12.1 Å². The molecular formula is C22H28ClN5O. The number of urea groups is 1. The molecule has 0 unspecified atom stereocenters. The summed E-state index contributed by atoms with van der Waals surface area (Å²) in [7, 11) is 0. The molecule has 2 aromatic rings. The zero-order valence-corrected chi connectivity index (χ0v) is 17.3. The number of nitrogens with one attached hydrogen (secondary N) is 2. The highest BCUT2D eigenvalue weighted by Crippen LogP contribution is 2.36. The predicted molar refractivity (Wildman–Crippen MR) is 115 cm³/mol. The quantitative estimate of drug-likeness (QED) is 0.765. The lowest BCUT2D eigenvalue weighted by molar-refractivity contribution is 0.224. The average molecular weight is 414 g/mol. The molecule has 1 aliphatic heterocycles. The van der Waals surface area contributed by atoms with Gasteiger partial charge in [0.25, 0.3) is 0 Å². The molecule has 1 aliphatic carbocycles. The summed E-state index contributed by atoms with van der Waals surface area (Å²) >= 11 is 6.21. The fourth-order valence-electron chi connectivity index (χ4n) is 4.56. The Kier molecular flexibility index (Phi) is 6.49. The smallest absolute Gasteiger partial charge is 0.315 e. The van der Waals surface area contributed by atoms with Crippen molar-refractivity contribution in [2.75, 3.05) is 18.0 Å². The predicted octanol–water partition coefficient (Wildman–Crippen LogP) is 4.33. The Morgan fingerprint density at radius 2 is 1.93 bits per heavy atom. The number of halogens is 1. The fraction of sp³-hybridized carbons (Fsp3) is 0.500. The van der Waals surface area contributed by atoms with E-state index in [1.807, 2.05) is 24.3 Å². The van der Waals surface area contributed by atoms with Crippen LogP contribution in [0.3, 0.4) is 0 Å². The molecule has 4 rings (SSSR count). The summed E-state index contributed by atoms with van der Waals surface area (Å²) < 4.78 is 0. The van der Waals surface area contributed by atoms with E-state index in [2.05, 4.69) is 31.6 Å². The van der Waals surface area contributed by atoms with Crippen LogP contribution < -0.4 is 15.5 Å². The van der Waals surface area contributed by atoms with Gasteiger partial charge in [0.15, 0.2) is 0 Å². The number of carbonyl (C=O) groups is 1. The normalized spacial score (nSPS) is 19.1. The summed E-state index contributed by atoms with van der Waals surface area (Å²) in [5, 5.41) is 7.15. The first-order valence-electron chi connectivity index (χ1n) is 10.5. The zero-order valence-electron chi connectivity index (χ0n) is 16.6. The van der Waals surface area contributed by atoms with Crippen LogP contribution >= 0.6 is 11.6 Å². The molecule has 1 saturated carbocycles. The molecule has 0 radical (unpaired) electrons. The van der Waals surface area contributed by atoms with E-state index in [9.17, 15) is 4.79 Å². The Morgan fingerprint density at radius 1 is 1.14 bits per heavy atom. The molecule has 0 spiro atoms. The van der Waals surface area contributed by atoms with Gasteiger partial charge in [-0.3, -0.25) is 0 Å². The molecule has 154 valence electrons. The number of anilines is 1. The van der Waals surface area contributed by atoms with Crippen LogP contribution in [0, 0.1) is 5.92 Å². The Bertz CT molecular complexity index is 804. The second kappa shape index (κ2) is 9.44. The Balaban J connectivity index is 1.34. The number of aromatic nitrogens is 2. The molecule has 1 saturated heterocycles. The molecule has 2 N–H and O–H groups in total. The Labute approximate surface area is 177 Å². The maximum absolute atomic E-state index is 12.8. The number of benzene rings is 1. The maximum atomic E-state index is 12.8. The lowest BCUT2D eigenvalue weighted by Gasteiger charge is -2.33. The zero-order chi connectivity index (χ0) is 20.1. The minimum Gasteiger partial charge on any atom is -0.356 e. The molecule has 1 aromatic carbocycles. The van der Waals surface area contributed by atoms with Crippen LogP contribution in [0.1, 0.15) is 50.1 Å². The number of hydrogen-bond donors (Lipinski definition) is 2. The van der Waals surface area contributed by atoms with Crippen LogP contribution in [0.4, 0.5) is 10.6 Å². The van der Waals surface area contributed by atoms with E-state index in [0.717, 1.165) is 50.2 Å². The van der Waals surface area contributed by atoms with E-state index in [0.29, 0.717) is 10.9 Å². The third kappa shape index (κ3) is 5.18. The van der Waals surface area contributed by atoms with Gasteiger partial charge in [0.2, 0.25) is 0 Å². The molecule has 2 fully saturated rings. The van der Waals surface area contributed by atoms with Crippen LogP contribution in [-0.2, 0) is 0 Å². The summed E-state index contributed by atoms with van der Waals surface area (Å²) in [5.41, 5.74) is 1.10. The van der Waals surface area contributed by atoms with E-state index in [4.69, 9.17) is 11.6 Å². The van der Waals surface area contributed by atoms with E-state index < -0.39 is 0 Å². The van der Waals surface area contributed by atoms with Gasteiger partial charge >= 0.3 is 6.03 Å². The van der Waals surface area contributed by atoms with E-state index >= 15 is 0 Å². The van der Waals surface area contributed by atoms with Gasteiger partial charge < -0.3 is 15.5 Å². The highest BCUT2D eigenvalue weighted by atomic mass is 35.5. The van der Waals surface area contributed by atoms with Gasteiger partial charge in [-0.05, 0) is 55.4 Å². The summed E-state index contributed by atoms with van der Waals surface area (Å²) in [5.74, 6) is 1.42. The number of carbonyl (C=O) groups excluding carboxylic acids is 1. The maximum Gasteiger partial charge on any atom is 0.315 e. The molecule has 2 heterocycles. The lowest BCUT2D eigenvalue weighted by atomic mass is 9.91. The van der Waals surface area contributed by atoms with Gasteiger partial charge in [-0.1, -0.05) is 36.6 Å². The molecule has 0 bridgehead atoms. The number of piperidine rings is 1. The van der Waals surface area contributed by atoms with Crippen LogP contribution in [0.25, 0.3) is 0 Å². The number of amides is 2. The van der Waals surface area contributed by atoms with Crippen molar-refractivity contribution < 1.29 is 4.79 Å². The van der Waals surface area contributed by atoms with E-state index in [1.165, 1.54) is 12.8 Å². The van der Waals surface area contributed by atoms with Gasteiger partial charge in [-0.25, -0.2) is 14.8 Å². The highest BCUT2D eigenvalue weighted by Gasteiger charge is 2.29. The Hall–Kier alpha value is -2.34. The lowest BCUT2D eigenvalue weighted by Crippen LogP contribution is -2.49. The van der Waals surface area contributed by atoms with Crippen LogP contribution in [0.2, 0.25) is 5.02 Å². The molecule has 1 atom stereocenters. The van der Waals surface area contributed by atoms with Crippen molar-refractivity contribution in [3.63, 3.8) is 0 Å². The van der Waals surface area contributed by atoms with Gasteiger partial charge in [0, 0.05) is 30.4 Å². The Morgan fingerprint density at radius 3 is 2.62 bits per heavy atom. The fourth-order valence-corrected chi connectivity index (χ4v) is 4.75. The van der Waals surface area contributed by atoms with Gasteiger partial charge in [-0.2, -0.15) is 0 Å². The first kappa shape index (κ1) is 20.0. The van der Waals surface area contributed by atoms with Crippen molar-refractivity contribution in [3.05, 3.63) is 53.4 Å². The summed E-state index contributed by atoms with van der Waals surface area (Å²) in [6.07, 6.45) is 9.90.